The number of hydrogen-bond donors (Lipinski definition) is 2. The number of carboxylic acid groups (broad SMARTS) is 1. The quantitative estimate of drug-likeness (QED) is 0.736. The van der Waals surface area contributed by atoms with Gasteiger partial charge in [-0.05, 0) is 105 Å². The fourth-order valence-electron chi connectivity index (χ4n) is 8.85. The summed E-state index contributed by atoms with van der Waals surface area (Å²) in [5, 5.41) is 10.1. The molecule has 5 rings (SSSR count). The molecule has 0 heterocycles. The van der Waals surface area contributed by atoms with Crippen LogP contribution in [0.5, 0.6) is 0 Å². The molecule has 5 aliphatic carbocycles. The van der Waals surface area contributed by atoms with E-state index in [1.54, 1.807) is 0 Å². The van der Waals surface area contributed by atoms with Crippen LogP contribution >= 0.6 is 0 Å². The Balaban J connectivity index is 1.79. The summed E-state index contributed by atoms with van der Waals surface area (Å²) in [6, 6.07) is 0. The van der Waals surface area contributed by atoms with E-state index in [-0.39, 0.29) is 5.41 Å². The van der Waals surface area contributed by atoms with Crippen molar-refractivity contribution in [3.05, 3.63) is 0 Å². The first-order valence-electron chi connectivity index (χ1n) is 11.1. The highest BCUT2D eigenvalue weighted by molar-refractivity contribution is 5.75. The van der Waals surface area contributed by atoms with Gasteiger partial charge in [-0.1, -0.05) is 27.2 Å². The van der Waals surface area contributed by atoms with Crippen molar-refractivity contribution in [1.29, 1.82) is 0 Å². The Kier molecular flexibility index (Phi) is 4.13. The molecule has 0 saturated heterocycles. The minimum atomic E-state index is -0.556. The summed E-state index contributed by atoms with van der Waals surface area (Å²) in [5.41, 5.74) is 6.85. The predicted octanol–water partition coefficient (Wildman–Crippen LogP) is 5.09. The van der Waals surface area contributed by atoms with Crippen LogP contribution in [0, 0.1) is 45.3 Å². The zero-order valence-electron chi connectivity index (χ0n) is 17.3. The molecular weight excluding hydrogens is 322 g/mol. The van der Waals surface area contributed by atoms with E-state index in [9.17, 15) is 9.90 Å². The number of carbonyl (C=O) groups is 1. The Morgan fingerprint density at radius 2 is 1.81 bits per heavy atom. The molecule has 0 radical (unpaired) electrons. The second-order valence-corrected chi connectivity index (χ2v) is 11.3. The van der Waals surface area contributed by atoms with Crippen molar-refractivity contribution < 1.29 is 9.90 Å². The molecule has 0 aromatic heterocycles. The molecule has 3 nitrogen and oxygen atoms in total. The van der Waals surface area contributed by atoms with E-state index in [0.29, 0.717) is 34.5 Å². The van der Waals surface area contributed by atoms with Gasteiger partial charge in [-0.25, -0.2) is 0 Å². The van der Waals surface area contributed by atoms with E-state index in [0.717, 1.165) is 25.8 Å². The normalized spacial score (nSPS) is 53.2. The lowest BCUT2D eigenvalue weighted by molar-refractivity contribution is -0.235. The topological polar surface area (TPSA) is 63.3 Å². The summed E-state index contributed by atoms with van der Waals surface area (Å²) in [4.78, 5) is 12.3. The SMILES string of the molecule is CC(C)[C@@]12CC[C@]3(CC[C@@H]4[C@](C)(CCC[C@@]4(C)C(=O)O)[C@@H]3C1)[C@H](CN)C2. The van der Waals surface area contributed by atoms with Gasteiger partial charge in [0, 0.05) is 0 Å². The number of hydrogen-bond acceptors (Lipinski definition) is 2. The van der Waals surface area contributed by atoms with Crippen molar-refractivity contribution in [2.75, 3.05) is 6.54 Å². The van der Waals surface area contributed by atoms with Crippen LogP contribution < -0.4 is 5.73 Å². The van der Waals surface area contributed by atoms with Gasteiger partial charge >= 0.3 is 5.97 Å². The maximum Gasteiger partial charge on any atom is 0.309 e. The summed E-state index contributed by atoms with van der Waals surface area (Å²) in [7, 11) is 0. The van der Waals surface area contributed by atoms with Crippen LogP contribution in [-0.4, -0.2) is 17.6 Å². The van der Waals surface area contributed by atoms with Gasteiger partial charge in [-0.3, -0.25) is 4.79 Å². The van der Waals surface area contributed by atoms with Crippen molar-refractivity contribution in [1.82, 2.24) is 0 Å². The monoisotopic (exact) mass is 361 g/mol. The third-order valence-electron chi connectivity index (χ3n) is 10.5. The Hall–Kier alpha value is -0.570. The maximum absolute atomic E-state index is 12.3. The molecule has 5 saturated carbocycles. The maximum atomic E-state index is 12.3. The number of rotatable bonds is 3. The molecule has 2 bridgehead atoms. The van der Waals surface area contributed by atoms with Crippen LogP contribution in [0.2, 0.25) is 0 Å². The van der Waals surface area contributed by atoms with Crippen molar-refractivity contribution in [2.45, 2.75) is 85.5 Å². The van der Waals surface area contributed by atoms with Crippen molar-refractivity contribution in [3.8, 4) is 0 Å². The van der Waals surface area contributed by atoms with Crippen LogP contribution in [0.15, 0.2) is 0 Å². The number of carboxylic acids is 1. The fourth-order valence-corrected chi connectivity index (χ4v) is 8.85. The molecule has 7 atom stereocenters. The smallest absolute Gasteiger partial charge is 0.309 e. The largest absolute Gasteiger partial charge is 0.481 e. The summed E-state index contributed by atoms with van der Waals surface area (Å²) < 4.78 is 0. The van der Waals surface area contributed by atoms with Gasteiger partial charge in [-0.15, -0.1) is 0 Å². The Bertz CT molecular complexity index is 603. The average Bonchev–Trinajstić information content (AvgIpc) is 2.61. The summed E-state index contributed by atoms with van der Waals surface area (Å²) >= 11 is 0. The summed E-state index contributed by atoms with van der Waals surface area (Å²) in [5.74, 6) is 1.80. The molecule has 5 aliphatic rings. The first-order chi connectivity index (χ1) is 12.1. The van der Waals surface area contributed by atoms with Gasteiger partial charge in [0.2, 0.25) is 0 Å². The lowest BCUT2D eigenvalue weighted by Gasteiger charge is -2.72. The highest BCUT2D eigenvalue weighted by Gasteiger charge is 2.69. The summed E-state index contributed by atoms with van der Waals surface area (Å²) in [6.45, 7) is 10.2. The molecule has 3 heteroatoms. The molecule has 0 amide bonds. The lowest BCUT2D eigenvalue weighted by atomic mass is 9.32. The van der Waals surface area contributed by atoms with E-state index in [1.807, 2.05) is 0 Å². The minimum Gasteiger partial charge on any atom is -0.481 e. The Labute approximate surface area is 159 Å². The molecule has 26 heavy (non-hydrogen) atoms. The van der Waals surface area contributed by atoms with Gasteiger partial charge in [0.1, 0.15) is 0 Å². The average molecular weight is 362 g/mol. The van der Waals surface area contributed by atoms with E-state index < -0.39 is 11.4 Å². The van der Waals surface area contributed by atoms with Crippen molar-refractivity contribution in [2.24, 2.45) is 51.1 Å². The molecule has 5 fully saturated rings. The van der Waals surface area contributed by atoms with Gasteiger partial charge in [0.25, 0.3) is 0 Å². The molecule has 1 spiro atoms. The van der Waals surface area contributed by atoms with Crippen LogP contribution in [0.1, 0.15) is 85.5 Å². The van der Waals surface area contributed by atoms with E-state index in [4.69, 9.17) is 5.73 Å². The van der Waals surface area contributed by atoms with E-state index >= 15 is 0 Å². The second-order valence-electron chi connectivity index (χ2n) is 11.3. The van der Waals surface area contributed by atoms with Gasteiger partial charge < -0.3 is 10.8 Å². The van der Waals surface area contributed by atoms with Gasteiger partial charge in [0.05, 0.1) is 5.41 Å². The standard InChI is InChI=1S/C23H39NO2/c1-15(2)22-10-11-23(16(12-22)14-24)9-6-17-20(3,18(23)13-22)7-5-8-21(17,4)19(25)26/h15-18H,5-14,24H2,1-4H3,(H,25,26)/t16-,17+,18-,20-,21+,22+,23+/m0/s1. The zero-order valence-corrected chi connectivity index (χ0v) is 17.3. The third-order valence-corrected chi connectivity index (χ3v) is 10.5. The van der Waals surface area contributed by atoms with Crippen molar-refractivity contribution >= 4 is 5.97 Å². The minimum absolute atomic E-state index is 0.179. The van der Waals surface area contributed by atoms with Crippen molar-refractivity contribution in [3.63, 3.8) is 0 Å². The number of fused-ring (bicyclic) bond motifs is 3. The molecule has 0 aromatic carbocycles. The molecule has 0 aromatic rings. The zero-order chi connectivity index (χ0) is 19.0. The van der Waals surface area contributed by atoms with Crippen LogP contribution in [0.3, 0.4) is 0 Å². The van der Waals surface area contributed by atoms with E-state index in [2.05, 4.69) is 27.7 Å². The van der Waals surface area contributed by atoms with Gasteiger partial charge in [0.15, 0.2) is 0 Å². The predicted molar refractivity (Wildman–Crippen MR) is 105 cm³/mol. The third kappa shape index (κ3) is 2.13. The molecular formula is C23H39NO2. The van der Waals surface area contributed by atoms with Crippen LogP contribution in [-0.2, 0) is 4.79 Å². The molecule has 148 valence electrons. The van der Waals surface area contributed by atoms with Crippen LogP contribution in [0.25, 0.3) is 0 Å². The van der Waals surface area contributed by atoms with E-state index in [1.165, 1.54) is 38.5 Å². The highest BCUT2D eigenvalue weighted by atomic mass is 16.4. The Morgan fingerprint density at radius 3 is 2.42 bits per heavy atom. The fraction of sp³-hybridized carbons (Fsp3) is 0.957. The summed E-state index contributed by atoms with van der Waals surface area (Å²) in [6.07, 6.45) is 10.8. The number of aliphatic carboxylic acids is 1. The Morgan fingerprint density at radius 1 is 1.08 bits per heavy atom. The van der Waals surface area contributed by atoms with Crippen LogP contribution in [0.4, 0.5) is 0 Å². The molecule has 3 N–H and O–H groups in total. The molecule has 0 unspecified atom stereocenters. The highest BCUT2D eigenvalue weighted by Crippen LogP contribution is 2.75. The number of nitrogens with two attached hydrogens (primary N) is 1. The molecule has 0 aliphatic heterocycles. The lowest BCUT2D eigenvalue weighted by Crippen LogP contribution is -2.66. The first kappa shape index (κ1) is 18.8. The van der Waals surface area contributed by atoms with Gasteiger partial charge in [-0.2, -0.15) is 0 Å². The second kappa shape index (κ2) is 5.72. The first-order valence-corrected chi connectivity index (χ1v) is 11.1.